The minimum atomic E-state index is -0.494. The zero-order chi connectivity index (χ0) is 14.0. The molecule has 0 aliphatic heterocycles. The first-order chi connectivity index (χ1) is 8.97. The van der Waals surface area contributed by atoms with Crippen molar-refractivity contribution in [3.8, 4) is 0 Å². The fraction of sp³-hybridized carbons (Fsp3) is 0.0833. The maximum absolute atomic E-state index is 12.0. The van der Waals surface area contributed by atoms with Gasteiger partial charge in [0.05, 0.1) is 10.7 Å². The number of carbonyl (C=O) groups is 1. The number of anilines is 1. The molecule has 0 radical (unpaired) electrons. The van der Waals surface area contributed by atoms with Crippen molar-refractivity contribution in [2.24, 2.45) is 7.05 Å². The van der Waals surface area contributed by atoms with Crippen molar-refractivity contribution < 1.29 is 4.79 Å². The summed E-state index contributed by atoms with van der Waals surface area (Å²) < 4.78 is 1.35. The summed E-state index contributed by atoms with van der Waals surface area (Å²) in [5, 5.41) is 2.97. The Kier molecular flexibility index (Phi) is 3.87. The highest BCUT2D eigenvalue weighted by Crippen LogP contribution is 2.18. The molecule has 0 aliphatic rings. The van der Waals surface area contributed by atoms with Gasteiger partial charge in [-0.1, -0.05) is 23.2 Å². The van der Waals surface area contributed by atoms with Crippen LogP contribution in [0, 0.1) is 0 Å². The molecule has 2 aromatic heterocycles. The molecule has 0 saturated carbocycles. The minimum Gasteiger partial charge on any atom is -0.319 e. The fourth-order valence-electron chi connectivity index (χ4n) is 1.44. The van der Waals surface area contributed by atoms with Crippen molar-refractivity contribution >= 4 is 34.8 Å². The maximum Gasteiger partial charge on any atom is 0.275 e. The molecule has 0 aromatic carbocycles. The predicted octanol–water partition coefficient (Wildman–Crippen LogP) is 2.34. The first-order valence-corrected chi connectivity index (χ1v) is 6.03. The molecule has 0 fully saturated rings. The van der Waals surface area contributed by atoms with Crippen LogP contribution in [0.25, 0.3) is 0 Å². The van der Waals surface area contributed by atoms with E-state index in [2.05, 4.69) is 10.3 Å². The molecule has 0 aliphatic carbocycles. The van der Waals surface area contributed by atoms with Crippen LogP contribution in [-0.2, 0) is 7.05 Å². The number of aromatic nitrogens is 2. The van der Waals surface area contributed by atoms with E-state index in [1.54, 1.807) is 7.05 Å². The second kappa shape index (κ2) is 5.42. The van der Waals surface area contributed by atoms with Crippen LogP contribution in [0.15, 0.2) is 35.3 Å². The molecule has 2 aromatic rings. The zero-order valence-corrected chi connectivity index (χ0v) is 11.4. The number of hydrogen-bond acceptors (Lipinski definition) is 3. The number of rotatable bonds is 2. The smallest absolute Gasteiger partial charge is 0.275 e. The number of aryl methyl sites for hydroxylation is 1. The molecule has 7 heteroatoms. The van der Waals surface area contributed by atoms with E-state index in [-0.39, 0.29) is 21.4 Å². The van der Waals surface area contributed by atoms with Gasteiger partial charge < -0.3 is 9.88 Å². The Morgan fingerprint density at radius 1 is 1.26 bits per heavy atom. The van der Waals surface area contributed by atoms with Gasteiger partial charge in [0, 0.05) is 19.3 Å². The van der Waals surface area contributed by atoms with E-state index in [1.807, 2.05) is 0 Å². The molecule has 2 heterocycles. The summed E-state index contributed by atoms with van der Waals surface area (Å²) >= 11 is 11.6. The van der Waals surface area contributed by atoms with E-state index in [4.69, 9.17) is 23.2 Å². The largest absolute Gasteiger partial charge is 0.319 e. The lowest BCUT2D eigenvalue weighted by Crippen LogP contribution is -2.18. The molecule has 98 valence electrons. The zero-order valence-electron chi connectivity index (χ0n) is 9.85. The van der Waals surface area contributed by atoms with Crippen molar-refractivity contribution in [1.29, 1.82) is 0 Å². The summed E-state index contributed by atoms with van der Waals surface area (Å²) in [5.41, 5.74) is 0.324. The number of hydrogen-bond donors (Lipinski definition) is 1. The Balaban J connectivity index is 2.28. The molecule has 1 amide bonds. The monoisotopic (exact) mass is 297 g/mol. The number of nitrogens with zero attached hydrogens (tertiary/aromatic N) is 2. The quantitative estimate of drug-likeness (QED) is 0.866. The van der Waals surface area contributed by atoms with Crippen LogP contribution in [0.3, 0.4) is 0 Å². The summed E-state index contributed by atoms with van der Waals surface area (Å²) in [7, 11) is 1.59. The van der Waals surface area contributed by atoms with Gasteiger partial charge in [0.2, 0.25) is 5.56 Å². The lowest BCUT2D eigenvalue weighted by molar-refractivity contribution is 0.102. The first-order valence-electron chi connectivity index (χ1n) is 5.27. The van der Waals surface area contributed by atoms with Crippen LogP contribution in [0.1, 0.15) is 10.5 Å². The SMILES string of the molecule is Cn1cc(NC(=O)c2nc(Cl)ccc2Cl)ccc1=O. The topological polar surface area (TPSA) is 64.0 Å². The highest BCUT2D eigenvalue weighted by molar-refractivity contribution is 6.35. The Hall–Kier alpha value is -1.85. The third-order valence-electron chi connectivity index (χ3n) is 2.37. The third-order valence-corrected chi connectivity index (χ3v) is 2.89. The molecule has 0 saturated heterocycles. The van der Waals surface area contributed by atoms with Gasteiger partial charge in [-0.3, -0.25) is 9.59 Å². The van der Waals surface area contributed by atoms with E-state index in [9.17, 15) is 9.59 Å². The second-order valence-electron chi connectivity index (χ2n) is 3.79. The molecule has 1 N–H and O–H groups in total. The van der Waals surface area contributed by atoms with Crippen LogP contribution >= 0.6 is 23.2 Å². The van der Waals surface area contributed by atoms with Crippen molar-refractivity contribution in [1.82, 2.24) is 9.55 Å². The summed E-state index contributed by atoms with van der Waals surface area (Å²) in [6.07, 6.45) is 1.50. The summed E-state index contributed by atoms with van der Waals surface area (Å²) in [6.45, 7) is 0. The number of amides is 1. The standard InChI is InChI=1S/C12H9Cl2N3O2/c1-17-6-7(2-5-10(17)18)15-12(19)11-8(13)3-4-9(14)16-11/h2-6H,1H3,(H,15,19). The maximum atomic E-state index is 12.0. The van der Waals surface area contributed by atoms with Crippen LogP contribution in [0.4, 0.5) is 5.69 Å². The average molecular weight is 298 g/mol. The molecule has 5 nitrogen and oxygen atoms in total. The van der Waals surface area contributed by atoms with Crippen molar-refractivity contribution in [3.63, 3.8) is 0 Å². The van der Waals surface area contributed by atoms with Gasteiger partial charge in [0.1, 0.15) is 10.8 Å². The molecule has 0 bridgehead atoms. The van der Waals surface area contributed by atoms with Gasteiger partial charge in [-0.05, 0) is 18.2 Å². The van der Waals surface area contributed by atoms with Crippen molar-refractivity contribution in [3.05, 3.63) is 56.7 Å². The number of pyridine rings is 2. The van der Waals surface area contributed by atoms with E-state index < -0.39 is 5.91 Å². The molecule has 2 rings (SSSR count). The fourth-order valence-corrected chi connectivity index (χ4v) is 1.77. The molecule has 19 heavy (non-hydrogen) atoms. The van der Waals surface area contributed by atoms with Crippen LogP contribution in [0.2, 0.25) is 10.2 Å². The first kappa shape index (κ1) is 13.6. The van der Waals surface area contributed by atoms with Gasteiger partial charge in [0.15, 0.2) is 0 Å². The van der Waals surface area contributed by atoms with Gasteiger partial charge in [-0.2, -0.15) is 0 Å². The van der Waals surface area contributed by atoms with Crippen LogP contribution in [-0.4, -0.2) is 15.5 Å². The van der Waals surface area contributed by atoms with E-state index >= 15 is 0 Å². The lowest BCUT2D eigenvalue weighted by atomic mass is 10.3. The Morgan fingerprint density at radius 3 is 2.68 bits per heavy atom. The van der Waals surface area contributed by atoms with Gasteiger partial charge in [0.25, 0.3) is 5.91 Å². The van der Waals surface area contributed by atoms with Crippen LogP contribution in [0.5, 0.6) is 0 Å². The molecule has 0 unspecified atom stereocenters. The van der Waals surface area contributed by atoms with Gasteiger partial charge >= 0.3 is 0 Å². The average Bonchev–Trinajstić information content (AvgIpc) is 2.36. The second-order valence-corrected chi connectivity index (χ2v) is 4.58. The van der Waals surface area contributed by atoms with E-state index in [0.717, 1.165) is 0 Å². The predicted molar refractivity (Wildman–Crippen MR) is 73.9 cm³/mol. The third kappa shape index (κ3) is 3.13. The van der Waals surface area contributed by atoms with Crippen LogP contribution < -0.4 is 10.9 Å². The summed E-state index contributed by atoms with van der Waals surface area (Å²) in [5.74, 6) is -0.494. The van der Waals surface area contributed by atoms with E-state index in [1.165, 1.54) is 35.0 Å². The van der Waals surface area contributed by atoms with Gasteiger partial charge in [-0.25, -0.2) is 4.98 Å². The number of carbonyl (C=O) groups excluding carboxylic acids is 1. The molecular weight excluding hydrogens is 289 g/mol. The number of nitrogens with one attached hydrogen (secondary N) is 1. The number of halogens is 2. The van der Waals surface area contributed by atoms with Crippen molar-refractivity contribution in [2.45, 2.75) is 0 Å². The van der Waals surface area contributed by atoms with E-state index in [0.29, 0.717) is 5.69 Å². The Labute approximate surface area is 118 Å². The summed E-state index contributed by atoms with van der Waals surface area (Å²) in [6, 6.07) is 5.83. The Morgan fingerprint density at radius 2 is 2.00 bits per heavy atom. The highest BCUT2D eigenvalue weighted by Gasteiger charge is 2.13. The van der Waals surface area contributed by atoms with Crippen molar-refractivity contribution in [2.75, 3.05) is 5.32 Å². The molecule has 0 spiro atoms. The molecule has 0 atom stereocenters. The molecular formula is C12H9Cl2N3O2. The van der Waals surface area contributed by atoms with Gasteiger partial charge in [-0.15, -0.1) is 0 Å². The Bertz CT molecular complexity index is 698. The lowest BCUT2D eigenvalue weighted by Gasteiger charge is -2.07. The highest BCUT2D eigenvalue weighted by atomic mass is 35.5. The minimum absolute atomic E-state index is 0.0306. The normalized spacial score (nSPS) is 10.3. The summed E-state index contributed by atoms with van der Waals surface area (Å²) in [4.78, 5) is 27.1.